The number of carbonyl (C=O) groups is 1. The number of ether oxygens (including phenoxy) is 4. The fraction of sp³-hybridized carbons (Fsp3) is 0.562. The quantitative estimate of drug-likeness (QED) is 0.765. The summed E-state index contributed by atoms with van der Waals surface area (Å²) in [5, 5.41) is 0. The highest BCUT2D eigenvalue weighted by Crippen LogP contribution is 2.39. The fourth-order valence-electron chi connectivity index (χ4n) is 3.10. The van der Waals surface area contributed by atoms with Crippen LogP contribution in [0.4, 0.5) is 0 Å². The van der Waals surface area contributed by atoms with Crippen LogP contribution in [0.1, 0.15) is 30.3 Å². The van der Waals surface area contributed by atoms with Crippen molar-refractivity contribution in [1.82, 2.24) is 0 Å². The molecule has 2 fully saturated rings. The van der Waals surface area contributed by atoms with Gasteiger partial charge in [0, 0.05) is 23.2 Å². The van der Waals surface area contributed by atoms with Gasteiger partial charge < -0.3 is 18.9 Å². The van der Waals surface area contributed by atoms with Gasteiger partial charge in [0.15, 0.2) is 6.29 Å². The van der Waals surface area contributed by atoms with Crippen LogP contribution >= 0.6 is 15.9 Å². The summed E-state index contributed by atoms with van der Waals surface area (Å²) in [5.74, 6) is -0.215. The average molecular weight is 371 g/mol. The van der Waals surface area contributed by atoms with Crippen molar-refractivity contribution in [2.24, 2.45) is 0 Å². The van der Waals surface area contributed by atoms with E-state index in [1.54, 1.807) is 0 Å². The fourth-order valence-corrected chi connectivity index (χ4v) is 3.61. The summed E-state index contributed by atoms with van der Waals surface area (Å²) < 4.78 is 22.6. The van der Waals surface area contributed by atoms with E-state index in [2.05, 4.69) is 15.9 Å². The van der Waals surface area contributed by atoms with Crippen LogP contribution in [0.3, 0.4) is 0 Å². The van der Waals surface area contributed by atoms with E-state index in [1.165, 1.54) is 7.11 Å². The summed E-state index contributed by atoms with van der Waals surface area (Å²) in [6.45, 7) is 2.27. The third-order valence-electron chi connectivity index (χ3n) is 4.29. The number of rotatable bonds is 3. The Morgan fingerprint density at radius 1 is 1.18 bits per heavy atom. The molecule has 1 aromatic rings. The largest absolute Gasteiger partial charge is 0.468 e. The molecule has 0 atom stereocenters. The lowest BCUT2D eigenvalue weighted by atomic mass is 9.74. The molecule has 0 spiro atoms. The van der Waals surface area contributed by atoms with Crippen LogP contribution in [-0.2, 0) is 29.2 Å². The Hall–Kier alpha value is -0.950. The minimum Gasteiger partial charge on any atom is -0.468 e. The molecule has 0 N–H and O–H groups in total. The van der Waals surface area contributed by atoms with Gasteiger partial charge in [-0.15, -0.1) is 0 Å². The number of methoxy groups -OCH3 is 1. The normalized spacial score (nSPS) is 21.7. The van der Waals surface area contributed by atoms with E-state index in [-0.39, 0.29) is 12.3 Å². The molecule has 2 heterocycles. The predicted molar refractivity (Wildman–Crippen MR) is 82.5 cm³/mol. The van der Waals surface area contributed by atoms with Crippen LogP contribution in [0.2, 0.25) is 0 Å². The Kier molecular flexibility index (Phi) is 4.82. The highest BCUT2D eigenvalue weighted by atomic mass is 79.9. The van der Waals surface area contributed by atoms with Crippen LogP contribution in [0.5, 0.6) is 0 Å². The molecular weight excluding hydrogens is 352 g/mol. The van der Waals surface area contributed by atoms with Crippen LogP contribution in [0.15, 0.2) is 22.7 Å². The zero-order valence-corrected chi connectivity index (χ0v) is 14.1. The van der Waals surface area contributed by atoms with Crippen LogP contribution < -0.4 is 0 Å². The first kappa shape index (κ1) is 15.9. The van der Waals surface area contributed by atoms with Crippen molar-refractivity contribution in [1.29, 1.82) is 0 Å². The monoisotopic (exact) mass is 370 g/mol. The lowest BCUT2D eigenvalue weighted by molar-refractivity contribution is -0.151. The molecule has 22 heavy (non-hydrogen) atoms. The minimum atomic E-state index is -0.663. The Labute approximate surface area is 138 Å². The summed E-state index contributed by atoms with van der Waals surface area (Å²) in [4.78, 5) is 12.5. The molecule has 0 aromatic heterocycles. The van der Waals surface area contributed by atoms with E-state index in [1.807, 2.05) is 18.2 Å². The van der Waals surface area contributed by atoms with Crippen molar-refractivity contribution in [3.05, 3.63) is 33.8 Å². The van der Waals surface area contributed by atoms with Gasteiger partial charge >= 0.3 is 5.97 Å². The second-order valence-corrected chi connectivity index (χ2v) is 6.45. The van der Waals surface area contributed by atoms with E-state index < -0.39 is 5.41 Å². The Bertz CT molecular complexity index is 547. The predicted octanol–water partition coefficient (Wildman–Crippen LogP) is 2.72. The first-order chi connectivity index (χ1) is 10.7. The topological polar surface area (TPSA) is 54.0 Å². The third-order valence-corrected chi connectivity index (χ3v) is 4.75. The van der Waals surface area contributed by atoms with Gasteiger partial charge in [0.05, 0.1) is 25.7 Å². The lowest BCUT2D eigenvalue weighted by Crippen LogP contribution is -2.42. The van der Waals surface area contributed by atoms with Crippen molar-refractivity contribution in [3.63, 3.8) is 0 Å². The molecule has 0 bridgehead atoms. The van der Waals surface area contributed by atoms with Gasteiger partial charge in [0.1, 0.15) is 0 Å². The molecule has 120 valence electrons. The zero-order chi connectivity index (χ0) is 15.6. The SMILES string of the molecule is COC(=O)C1(c2cc(Br)cc(C3OCCO3)c2)CCOCC1. The molecule has 0 aliphatic carbocycles. The molecular formula is C16H19BrO5. The first-order valence-electron chi connectivity index (χ1n) is 7.36. The molecule has 1 aromatic carbocycles. The molecule has 2 aliphatic heterocycles. The smallest absolute Gasteiger partial charge is 0.316 e. The maximum Gasteiger partial charge on any atom is 0.316 e. The van der Waals surface area contributed by atoms with Crippen molar-refractivity contribution >= 4 is 21.9 Å². The summed E-state index contributed by atoms with van der Waals surface area (Å²) in [7, 11) is 1.43. The molecule has 5 nitrogen and oxygen atoms in total. The van der Waals surface area contributed by atoms with Crippen molar-refractivity contribution in [3.8, 4) is 0 Å². The minimum absolute atomic E-state index is 0.215. The molecule has 2 aliphatic rings. The van der Waals surface area contributed by atoms with E-state index in [0.717, 1.165) is 15.6 Å². The van der Waals surface area contributed by atoms with E-state index >= 15 is 0 Å². The van der Waals surface area contributed by atoms with Gasteiger partial charge in [-0.2, -0.15) is 0 Å². The molecule has 3 rings (SSSR count). The highest BCUT2D eigenvalue weighted by molar-refractivity contribution is 9.10. The molecule has 0 amide bonds. The van der Waals surface area contributed by atoms with Gasteiger partial charge in [-0.05, 0) is 36.6 Å². The highest BCUT2D eigenvalue weighted by Gasteiger charge is 2.43. The summed E-state index contributed by atoms with van der Waals surface area (Å²) in [5.41, 5.74) is 1.17. The van der Waals surface area contributed by atoms with E-state index in [9.17, 15) is 4.79 Å². The number of halogens is 1. The van der Waals surface area contributed by atoms with Crippen molar-refractivity contribution < 1.29 is 23.7 Å². The van der Waals surface area contributed by atoms with Gasteiger partial charge in [0.25, 0.3) is 0 Å². The maximum atomic E-state index is 12.5. The number of hydrogen-bond donors (Lipinski definition) is 0. The maximum absolute atomic E-state index is 12.5. The number of esters is 1. The molecule has 0 unspecified atom stereocenters. The second kappa shape index (κ2) is 6.66. The van der Waals surface area contributed by atoms with E-state index in [4.69, 9.17) is 18.9 Å². The first-order valence-corrected chi connectivity index (χ1v) is 8.15. The third kappa shape index (κ3) is 2.93. The number of benzene rings is 1. The van der Waals surface area contributed by atoms with Crippen molar-refractivity contribution in [2.75, 3.05) is 33.5 Å². The number of hydrogen-bond acceptors (Lipinski definition) is 5. The zero-order valence-electron chi connectivity index (χ0n) is 12.5. The lowest BCUT2D eigenvalue weighted by Gasteiger charge is -2.35. The second-order valence-electron chi connectivity index (χ2n) is 5.53. The average Bonchev–Trinajstić information content (AvgIpc) is 3.08. The van der Waals surface area contributed by atoms with Crippen molar-refractivity contribution in [2.45, 2.75) is 24.5 Å². The van der Waals surface area contributed by atoms with E-state index in [0.29, 0.717) is 39.3 Å². The Balaban J connectivity index is 2.01. The van der Waals surface area contributed by atoms with Gasteiger partial charge in [-0.3, -0.25) is 4.79 Å². The Morgan fingerprint density at radius 2 is 1.86 bits per heavy atom. The van der Waals surface area contributed by atoms with Crippen LogP contribution in [-0.4, -0.2) is 39.5 Å². The van der Waals surface area contributed by atoms with Crippen LogP contribution in [0.25, 0.3) is 0 Å². The summed E-state index contributed by atoms with van der Waals surface area (Å²) in [6.07, 6.45) is 0.856. The number of carbonyl (C=O) groups excluding carboxylic acids is 1. The van der Waals surface area contributed by atoms with Gasteiger partial charge in [-0.25, -0.2) is 0 Å². The molecule has 0 saturated carbocycles. The Morgan fingerprint density at radius 3 is 2.50 bits per heavy atom. The molecule has 0 radical (unpaired) electrons. The molecule has 2 saturated heterocycles. The summed E-state index contributed by atoms with van der Waals surface area (Å²) in [6, 6.07) is 5.92. The molecule has 6 heteroatoms. The standard InChI is InChI=1S/C16H19BrO5/c1-19-15(18)16(2-4-20-5-3-16)12-8-11(9-13(17)10-12)14-21-6-7-22-14/h8-10,14H,2-7H2,1H3. The summed E-state index contributed by atoms with van der Waals surface area (Å²) >= 11 is 3.53. The van der Waals surface area contributed by atoms with Crippen LogP contribution in [0, 0.1) is 0 Å². The van der Waals surface area contributed by atoms with Gasteiger partial charge in [-0.1, -0.05) is 15.9 Å². The van der Waals surface area contributed by atoms with Gasteiger partial charge in [0.2, 0.25) is 0 Å².